The van der Waals surface area contributed by atoms with Crippen LogP contribution in [0, 0.1) is 20.2 Å². The summed E-state index contributed by atoms with van der Waals surface area (Å²) in [5, 5.41) is 31.7. The van der Waals surface area contributed by atoms with Crippen LogP contribution >= 0.6 is 15.9 Å². The molecule has 0 radical (unpaired) electrons. The van der Waals surface area contributed by atoms with E-state index in [2.05, 4.69) is 37.1 Å². The summed E-state index contributed by atoms with van der Waals surface area (Å²) in [6.45, 7) is 2.83. The number of rotatable bonds is 14. The molecule has 1 heterocycles. The van der Waals surface area contributed by atoms with Gasteiger partial charge < -0.3 is 29.6 Å². The maximum atomic E-state index is 12.6. The molecule has 1 aliphatic heterocycles. The van der Waals surface area contributed by atoms with Crippen LogP contribution in [0.1, 0.15) is 36.6 Å². The van der Waals surface area contributed by atoms with Gasteiger partial charge in [-0.1, -0.05) is 6.07 Å². The Labute approximate surface area is 286 Å². The highest BCUT2D eigenvalue weighted by Crippen LogP contribution is 2.37. The number of nitrogens with zero attached hydrogens (tertiary/aromatic N) is 3. The lowest BCUT2D eigenvalue weighted by atomic mass is 9.95. The van der Waals surface area contributed by atoms with Crippen molar-refractivity contribution in [1.29, 1.82) is 0 Å². The summed E-state index contributed by atoms with van der Waals surface area (Å²) in [6, 6.07) is 11.6. The van der Waals surface area contributed by atoms with Crippen molar-refractivity contribution >= 4 is 51.4 Å². The first-order valence-corrected chi connectivity index (χ1v) is 15.1. The molecule has 3 aromatic carbocycles. The van der Waals surface area contributed by atoms with Crippen LogP contribution in [0.4, 0.5) is 16.2 Å². The molecule has 0 saturated carbocycles. The summed E-state index contributed by atoms with van der Waals surface area (Å²) in [7, 11) is 1.38. The Morgan fingerprint density at radius 2 is 1.78 bits per heavy atom. The lowest BCUT2D eigenvalue weighted by molar-refractivity contribution is -0.386. The average Bonchev–Trinajstić information content (AvgIpc) is 3.06. The van der Waals surface area contributed by atoms with Crippen LogP contribution in [0.2, 0.25) is 0 Å². The zero-order valence-corrected chi connectivity index (χ0v) is 27.8. The van der Waals surface area contributed by atoms with Gasteiger partial charge in [0.05, 0.1) is 45.9 Å². The second-order valence-electron chi connectivity index (χ2n) is 10.1. The Balaban J connectivity index is 1.39. The van der Waals surface area contributed by atoms with Gasteiger partial charge in [0, 0.05) is 29.5 Å². The van der Waals surface area contributed by atoms with Crippen molar-refractivity contribution in [2.45, 2.75) is 26.5 Å². The average molecular weight is 742 g/mol. The number of hydrazone groups is 1. The van der Waals surface area contributed by atoms with Crippen molar-refractivity contribution < 1.29 is 43.2 Å². The van der Waals surface area contributed by atoms with E-state index in [1.165, 1.54) is 55.8 Å². The number of ether oxygens (including phenoxy) is 4. The van der Waals surface area contributed by atoms with Crippen LogP contribution < -0.4 is 30.3 Å². The van der Waals surface area contributed by atoms with Crippen LogP contribution in [0.5, 0.6) is 17.2 Å². The number of amides is 3. The number of carbonyl (C=O) groups excluding carboxylic acids is 3. The summed E-state index contributed by atoms with van der Waals surface area (Å²) < 4.78 is 22.0. The van der Waals surface area contributed by atoms with Gasteiger partial charge in [-0.3, -0.25) is 25.0 Å². The number of non-ortho nitro benzene ring substituents is 1. The minimum absolute atomic E-state index is 0.0660. The predicted octanol–water partition coefficient (Wildman–Crippen LogP) is 4.57. The van der Waals surface area contributed by atoms with Gasteiger partial charge in [-0.05, 0) is 71.2 Å². The second-order valence-corrected chi connectivity index (χ2v) is 11.0. The van der Waals surface area contributed by atoms with E-state index in [0.717, 1.165) is 0 Å². The largest absolute Gasteiger partial charge is 0.493 e. The van der Waals surface area contributed by atoms with Crippen molar-refractivity contribution in [3.63, 3.8) is 0 Å². The Kier molecular flexibility index (Phi) is 11.8. The molecule has 0 bridgehead atoms. The molecule has 0 unspecified atom stereocenters. The molecular formula is C31H29BrN6O11. The molecule has 0 spiro atoms. The van der Waals surface area contributed by atoms with Crippen molar-refractivity contribution in [2.75, 3.05) is 20.3 Å². The summed E-state index contributed by atoms with van der Waals surface area (Å²) in [5.41, 5.74) is 3.67. The van der Waals surface area contributed by atoms with E-state index < -0.39 is 40.4 Å². The maximum Gasteiger partial charge on any atom is 0.338 e. The minimum atomic E-state index is -0.833. The first kappa shape index (κ1) is 35.8. The third kappa shape index (κ3) is 9.07. The normalized spacial score (nSPS) is 14.0. The molecule has 49 heavy (non-hydrogen) atoms. The van der Waals surface area contributed by atoms with E-state index in [4.69, 9.17) is 18.9 Å². The summed E-state index contributed by atoms with van der Waals surface area (Å²) in [6.07, 6.45) is 1.19. The highest BCUT2D eigenvalue weighted by Gasteiger charge is 2.32. The van der Waals surface area contributed by atoms with Gasteiger partial charge in [-0.15, -0.1) is 0 Å². The molecule has 3 N–H and O–H groups in total. The molecule has 256 valence electrons. The Morgan fingerprint density at radius 3 is 2.43 bits per heavy atom. The van der Waals surface area contributed by atoms with Crippen LogP contribution in [-0.2, 0) is 20.9 Å². The molecule has 17 nitrogen and oxygen atoms in total. The lowest BCUT2D eigenvalue weighted by Crippen LogP contribution is -2.45. The molecule has 1 atom stereocenters. The van der Waals surface area contributed by atoms with Crippen LogP contribution in [0.25, 0.3) is 0 Å². The van der Waals surface area contributed by atoms with Gasteiger partial charge in [0.25, 0.3) is 11.6 Å². The van der Waals surface area contributed by atoms with E-state index in [1.807, 2.05) is 0 Å². The molecule has 18 heteroatoms. The van der Waals surface area contributed by atoms with Crippen molar-refractivity contribution in [3.8, 4) is 17.2 Å². The van der Waals surface area contributed by atoms with Crippen LogP contribution in [-0.4, -0.2) is 54.3 Å². The Hall–Kier alpha value is -6.04. The van der Waals surface area contributed by atoms with E-state index in [1.54, 1.807) is 26.0 Å². The SMILES string of the molecule is CCOC(=O)C1=C(C)NC(=O)N[C@@H]1c1ccc(OCC(=O)N/N=C/c2cc(Br)c(OCc3ccc([N+](=O)[O-])cc3)c([N+](=O)[O-])c2)c(OC)c1. The highest BCUT2D eigenvalue weighted by atomic mass is 79.9. The molecule has 3 amide bonds. The summed E-state index contributed by atoms with van der Waals surface area (Å²) in [5.74, 6) is -0.917. The number of halogens is 1. The van der Waals surface area contributed by atoms with E-state index in [0.29, 0.717) is 16.8 Å². The second kappa shape index (κ2) is 16.2. The first-order chi connectivity index (χ1) is 23.4. The van der Waals surface area contributed by atoms with Crippen molar-refractivity contribution in [2.24, 2.45) is 5.10 Å². The number of benzene rings is 3. The fraction of sp³-hybridized carbons (Fsp3) is 0.226. The van der Waals surface area contributed by atoms with Crippen LogP contribution in [0.15, 0.2) is 75.4 Å². The number of esters is 1. The standard InChI is InChI=1S/C31H29BrN6O11/c1-4-47-30(40)27-17(2)34-31(41)35-28(27)20-7-10-24(25(13-20)46-3)48-16-26(39)36-33-14-19-11-22(32)29(23(12-19)38(44)45)49-15-18-5-8-21(9-6-18)37(42)43/h5-14,28H,4,15-16H2,1-3H3,(H,36,39)(H2,34,35,41)/b33-14+/t28-/m1/s1. The van der Waals surface area contributed by atoms with E-state index >= 15 is 0 Å². The van der Waals surface area contributed by atoms with Gasteiger partial charge in [0.1, 0.15) is 6.61 Å². The van der Waals surface area contributed by atoms with Crippen LogP contribution in [0.3, 0.4) is 0 Å². The molecule has 4 rings (SSSR count). The molecule has 0 fully saturated rings. The number of hydrogen-bond acceptors (Lipinski definition) is 12. The highest BCUT2D eigenvalue weighted by molar-refractivity contribution is 9.10. The third-order valence-electron chi connectivity index (χ3n) is 6.82. The fourth-order valence-electron chi connectivity index (χ4n) is 4.58. The number of allylic oxidation sites excluding steroid dienone is 1. The molecule has 0 saturated heterocycles. The Morgan fingerprint density at radius 1 is 1.04 bits per heavy atom. The number of carbonyl (C=O) groups is 3. The molecule has 1 aliphatic rings. The summed E-state index contributed by atoms with van der Waals surface area (Å²) in [4.78, 5) is 58.7. The fourth-order valence-corrected chi connectivity index (χ4v) is 5.16. The first-order valence-electron chi connectivity index (χ1n) is 14.3. The monoisotopic (exact) mass is 740 g/mol. The minimum Gasteiger partial charge on any atom is -0.493 e. The molecule has 0 aliphatic carbocycles. The van der Waals surface area contributed by atoms with Crippen molar-refractivity contribution in [1.82, 2.24) is 16.1 Å². The molecule has 0 aromatic heterocycles. The third-order valence-corrected chi connectivity index (χ3v) is 7.41. The van der Waals surface area contributed by atoms with Gasteiger partial charge in [0.2, 0.25) is 5.75 Å². The smallest absolute Gasteiger partial charge is 0.338 e. The quantitative estimate of drug-likeness (QED) is 0.0898. The predicted molar refractivity (Wildman–Crippen MR) is 176 cm³/mol. The van der Waals surface area contributed by atoms with Crippen molar-refractivity contribution in [3.05, 3.63) is 107 Å². The number of nitro benzene ring substituents is 2. The lowest BCUT2D eigenvalue weighted by Gasteiger charge is -2.28. The number of nitro groups is 2. The maximum absolute atomic E-state index is 12.6. The molecule has 3 aromatic rings. The Bertz CT molecular complexity index is 1850. The number of urea groups is 1. The van der Waals surface area contributed by atoms with E-state index in [-0.39, 0.29) is 57.4 Å². The van der Waals surface area contributed by atoms with E-state index in [9.17, 15) is 34.6 Å². The van der Waals surface area contributed by atoms with Gasteiger partial charge >= 0.3 is 17.7 Å². The number of nitrogens with one attached hydrogen (secondary N) is 3. The number of methoxy groups -OCH3 is 1. The van der Waals surface area contributed by atoms with Gasteiger partial charge in [0.15, 0.2) is 18.1 Å². The zero-order valence-electron chi connectivity index (χ0n) is 26.2. The topological polar surface area (TPSA) is 223 Å². The van der Waals surface area contributed by atoms with Gasteiger partial charge in [-0.2, -0.15) is 5.10 Å². The summed E-state index contributed by atoms with van der Waals surface area (Å²) >= 11 is 3.26. The van der Waals surface area contributed by atoms with Gasteiger partial charge in [-0.25, -0.2) is 15.0 Å². The zero-order chi connectivity index (χ0) is 35.7. The number of hydrogen-bond donors (Lipinski definition) is 3. The molecular weight excluding hydrogens is 712 g/mol.